The molecule has 0 aliphatic carbocycles. The van der Waals surface area contributed by atoms with E-state index in [2.05, 4.69) is 0 Å². The molecule has 0 fully saturated rings. The van der Waals surface area contributed by atoms with Crippen molar-refractivity contribution in [3.63, 3.8) is 0 Å². The lowest BCUT2D eigenvalue weighted by atomic mass is 9.91. The quantitative estimate of drug-likeness (QED) is 0.214. The van der Waals surface area contributed by atoms with Crippen molar-refractivity contribution in [1.82, 2.24) is 4.31 Å². The highest BCUT2D eigenvalue weighted by Gasteiger charge is 2.96. The number of sulfonamides is 1. The Kier molecular flexibility index (Phi) is 9.18. The molecule has 0 unspecified atom stereocenters. The molecule has 0 aromatic heterocycles. The zero-order valence-electron chi connectivity index (χ0n) is 17.9. The van der Waals surface area contributed by atoms with Crippen LogP contribution in [-0.2, 0) is 14.8 Å². The highest BCUT2D eigenvalue weighted by atomic mass is 32.2. The van der Waals surface area contributed by atoms with Gasteiger partial charge in [0.05, 0.1) is 5.57 Å². The minimum Gasteiger partial charge on any atom is -0.478 e. The van der Waals surface area contributed by atoms with Crippen LogP contribution in [0.2, 0.25) is 0 Å². The summed E-state index contributed by atoms with van der Waals surface area (Å²) in [6.45, 7) is -0.266. The van der Waals surface area contributed by atoms with Crippen LogP contribution in [0.15, 0.2) is 11.8 Å². The first-order chi connectivity index (χ1) is 16.3. The predicted octanol–water partition coefficient (Wildman–Crippen LogP) is 5.98. The van der Waals surface area contributed by atoms with Crippen LogP contribution in [0, 0.1) is 0 Å². The maximum absolute atomic E-state index is 14.2. The van der Waals surface area contributed by atoms with E-state index in [9.17, 15) is 87.8 Å². The van der Waals surface area contributed by atoms with Crippen molar-refractivity contribution in [2.45, 2.75) is 67.2 Å². The molecule has 0 saturated heterocycles. The van der Waals surface area contributed by atoms with Crippen molar-refractivity contribution in [2.75, 3.05) is 6.54 Å². The molecule has 0 aliphatic rings. The first kappa shape index (κ1) is 35.8. The van der Waals surface area contributed by atoms with Crippen molar-refractivity contribution in [1.29, 1.82) is 0 Å². The summed E-state index contributed by atoms with van der Waals surface area (Å²) in [4.78, 5) is 10.9. The van der Waals surface area contributed by atoms with Gasteiger partial charge in [-0.15, -0.1) is 0 Å². The predicted molar refractivity (Wildman–Crippen MR) is 88.0 cm³/mol. The summed E-state index contributed by atoms with van der Waals surface area (Å²) in [5.41, 5.74) is -1.24. The van der Waals surface area contributed by atoms with Crippen LogP contribution in [0.3, 0.4) is 0 Å². The molecule has 0 atom stereocenters. The second-order valence-electron chi connectivity index (χ2n) is 6.98. The Labute approximate surface area is 199 Å². The molecule has 38 heavy (non-hydrogen) atoms. The highest BCUT2D eigenvalue weighted by molar-refractivity contribution is 7.90. The van der Waals surface area contributed by atoms with E-state index in [1.165, 1.54) is 0 Å². The number of carboxylic acids is 1. The van der Waals surface area contributed by atoms with Crippen LogP contribution in [-0.4, -0.2) is 77.3 Å². The molecule has 5 nitrogen and oxygen atoms in total. The Balaban J connectivity index is 7.19. The molecular formula is C15H12F17NO4S. The van der Waals surface area contributed by atoms with Crippen LogP contribution in [0.1, 0.15) is 20.3 Å². The third kappa shape index (κ3) is 4.71. The van der Waals surface area contributed by atoms with Crippen molar-refractivity contribution >= 4 is 16.0 Å². The molecule has 0 heterocycles. The first-order valence-corrected chi connectivity index (χ1v) is 10.4. The summed E-state index contributed by atoms with van der Waals surface area (Å²) in [5.74, 6) is -54.3. The number of hydrogen-bond donors (Lipinski definition) is 1. The molecular weight excluding hydrogens is 613 g/mol. The standard InChI is InChI=1S/C15H12F17NO4S/c1-3-6(7(34)35)5-33(4-2)38(36,37)15(31,32)13(26,27)11(22,23)9(18,19)8(16,17)10(20,21)12(24,25)14(28,29)30/h5H,3-4H2,1-2H3,(H,34,35). The highest BCUT2D eigenvalue weighted by Crippen LogP contribution is 2.64. The Hall–Kier alpha value is -2.23. The van der Waals surface area contributed by atoms with E-state index >= 15 is 0 Å². The molecule has 226 valence electrons. The van der Waals surface area contributed by atoms with Crippen molar-refractivity contribution < 1.29 is 93.0 Å². The van der Waals surface area contributed by atoms with Crippen molar-refractivity contribution in [3.05, 3.63) is 11.8 Å². The largest absolute Gasteiger partial charge is 0.478 e. The van der Waals surface area contributed by atoms with E-state index in [1.54, 1.807) is 0 Å². The number of carboxylic acid groups (broad SMARTS) is 1. The van der Waals surface area contributed by atoms with Gasteiger partial charge in [0.2, 0.25) is 0 Å². The van der Waals surface area contributed by atoms with Gasteiger partial charge < -0.3 is 5.11 Å². The molecule has 23 heteroatoms. The van der Waals surface area contributed by atoms with E-state index in [0.29, 0.717) is 6.92 Å². The zero-order chi connectivity index (χ0) is 31.4. The van der Waals surface area contributed by atoms with Gasteiger partial charge in [0, 0.05) is 12.7 Å². The summed E-state index contributed by atoms with van der Waals surface area (Å²) >= 11 is 0. The minimum absolute atomic E-state index is 0.426. The molecule has 0 amide bonds. The SMILES string of the molecule is CCC(=CN(CC)S(=O)(=O)C(F)(F)C(F)(F)C(F)(F)C(F)(F)C(F)(F)C(F)(F)C(F)(F)C(F)(F)F)C(=O)O. The molecule has 0 radical (unpaired) electrons. The van der Waals surface area contributed by atoms with E-state index in [-0.39, 0.29) is 0 Å². The number of carbonyl (C=O) groups is 1. The van der Waals surface area contributed by atoms with E-state index < -0.39 is 92.0 Å². The number of alkyl halides is 17. The van der Waals surface area contributed by atoms with Gasteiger partial charge in [-0.25, -0.2) is 4.79 Å². The minimum atomic E-state index is -8.94. The van der Waals surface area contributed by atoms with Gasteiger partial charge in [0.15, 0.2) is 0 Å². The average molecular weight is 625 g/mol. The fourth-order valence-corrected chi connectivity index (χ4v) is 3.61. The molecule has 0 aliphatic heterocycles. The number of aliphatic carboxylic acids is 1. The van der Waals surface area contributed by atoms with Crippen LogP contribution >= 0.6 is 0 Å². The van der Waals surface area contributed by atoms with Gasteiger partial charge >= 0.3 is 63.0 Å². The van der Waals surface area contributed by atoms with Gasteiger partial charge in [0.1, 0.15) is 0 Å². The fourth-order valence-electron chi connectivity index (χ4n) is 2.26. The van der Waals surface area contributed by atoms with Crippen LogP contribution in [0.4, 0.5) is 74.6 Å². The molecule has 0 aromatic carbocycles. The van der Waals surface area contributed by atoms with Gasteiger partial charge in [-0.3, -0.25) is 4.31 Å². The van der Waals surface area contributed by atoms with Gasteiger partial charge in [0.25, 0.3) is 0 Å². The average Bonchev–Trinajstić information content (AvgIpc) is 2.72. The fraction of sp³-hybridized carbons (Fsp3) is 0.800. The first-order valence-electron chi connectivity index (χ1n) is 8.99. The summed E-state index contributed by atoms with van der Waals surface area (Å²) in [7, 11) is -7.59. The Bertz CT molecular complexity index is 1030. The number of nitrogens with zero attached hydrogens (tertiary/aromatic N) is 1. The molecule has 1 N–H and O–H groups in total. The van der Waals surface area contributed by atoms with Crippen LogP contribution in [0.5, 0.6) is 0 Å². The van der Waals surface area contributed by atoms with E-state index in [0.717, 1.165) is 6.92 Å². The van der Waals surface area contributed by atoms with Gasteiger partial charge in [-0.1, -0.05) is 6.92 Å². The summed E-state index contributed by atoms with van der Waals surface area (Å²) in [5, 5.41) is 0.975. The summed E-state index contributed by atoms with van der Waals surface area (Å²) in [6, 6.07) is 0. The maximum Gasteiger partial charge on any atom is 0.460 e. The lowest BCUT2D eigenvalue weighted by Gasteiger charge is -2.42. The summed E-state index contributed by atoms with van der Waals surface area (Å²) < 4.78 is 249. The number of hydrogen-bond acceptors (Lipinski definition) is 3. The van der Waals surface area contributed by atoms with E-state index in [1.807, 2.05) is 0 Å². The normalized spacial score (nSPS) is 16.0. The number of rotatable bonds is 12. The third-order valence-electron chi connectivity index (χ3n) is 4.59. The van der Waals surface area contributed by atoms with Crippen molar-refractivity contribution in [3.8, 4) is 0 Å². The monoisotopic (exact) mass is 625 g/mol. The number of halogens is 17. The zero-order valence-corrected chi connectivity index (χ0v) is 18.8. The third-order valence-corrected chi connectivity index (χ3v) is 6.48. The van der Waals surface area contributed by atoms with Crippen LogP contribution in [0.25, 0.3) is 0 Å². The van der Waals surface area contributed by atoms with Gasteiger partial charge in [-0.2, -0.15) is 83.1 Å². The van der Waals surface area contributed by atoms with Crippen LogP contribution < -0.4 is 0 Å². The molecule has 0 saturated carbocycles. The molecule has 0 bridgehead atoms. The van der Waals surface area contributed by atoms with Gasteiger partial charge in [-0.05, 0) is 13.3 Å². The second kappa shape index (κ2) is 9.75. The topological polar surface area (TPSA) is 74.7 Å². The second-order valence-corrected chi connectivity index (χ2v) is 8.91. The van der Waals surface area contributed by atoms with E-state index in [4.69, 9.17) is 5.11 Å². The molecule has 0 spiro atoms. The maximum atomic E-state index is 14.2. The Morgan fingerprint density at radius 1 is 0.658 bits per heavy atom. The lowest BCUT2D eigenvalue weighted by Crippen LogP contribution is -2.75. The Morgan fingerprint density at radius 2 is 0.974 bits per heavy atom. The lowest BCUT2D eigenvalue weighted by molar-refractivity contribution is -0.458. The van der Waals surface area contributed by atoms with Crippen molar-refractivity contribution in [2.24, 2.45) is 0 Å². The summed E-state index contributed by atoms with van der Waals surface area (Å²) in [6.07, 6.45) is -9.15. The smallest absolute Gasteiger partial charge is 0.460 e. The molecule has 0 rings (SSSR count). The molecule has 0 aromatic rings. The Morgan fingerprint density at radius 3 is 1.24 bits per heavy atom.